The number of anilines is 1. The van der Waals surface area contributed by atoms with Crippen LogP contribution in [0, 0.1) is 10.1 Å². The van der Waals surface area contributed by atoms with Gasteiger partial charge in [-0.1, -0.05) is 11.6 Å². The summed E-state index contributed by atoms with van der Waals surface area (Å²) in [7, 11) is 0. The van der Waals surface area contributed by atoms with Gasteiger partial charge in [0, 0.05) is 11.8 Å². The number of ether oxygens (including phenoxy) is 1. The molecule has 116 valence electrons. The predicted molar refractivity (Wildman–Crippen MR) is 74.1 cm³/mol. The zero-order valence-corrected chi connectivity index (χ0v) is 11.8. The van der Waals surface area contributed by atoms with Gasteiger partial charge in [0.2, 0.25) is 0 Å². The molecule has 8 nitrogen and oxygen atoms in total. The van der Waals surface area contributed by atoms with E-state index in [1.165, 1.54) is 18.2 Å². The zero-order valence-electron chi connectivity index (χ0n) is 11.0. The minimum atomic E-state index is -1.38. The number of rotatable bonds is 3. The first kappa shape index (κ1) is 15.9. The summed E-state index contributed by atoms with van der Waals surface area (Å²) in [6.07, 6.45) is -5.69. The molecule has 0 radical (unpaired) electrons. The summed E-state index contributed by atoms with van der Waals surface area (Å²) >= 11 is 5.70. The van der Waals surface area contributed by atoms with Crippen LogP contribution in [-0.4, -0.2) is 50.9 Å². The van der Waals surface area contributed by atoms with Crippen LogP contribution < -0.4 is 5.32 Å². The summed E-state index contributed by atoms with van der Waals surface area (Å²) in [5, 5.41) is 42.7. The first-order chi connectivity index (χ1) is 9.81. The topological polar surface area (TPSA) is 125 Å². The maximum absolute atomic E-state index is 10.8. The molecule has 0 saturated carbocycles. The van der Waals surface area contributed by atoms with Gasteiger partial charge in [0.15, 0.2) is 6.23 Å². The zero-order chi connectivity index (χ0) is 15.7. The fraction of sp³-hybridized carbons (Fsp3) is 0.500. The van der Waals surface area contributed by atoms with E-state index in [9.17, 15) is 25.4 Å². The fourth-order valence-electron chi connectivity index (χ4n) is 2.08. The van der Waals surface area contributed by atoms with Crippen molar-refractivity contribution in [2.24, 2.45) is 0 Å². The number of halogens is 1. The molecule has 0 aliphatic carbocycles. The lowest BCUT2D eigenvalue weighted by Gasteiger charge is -2.39. The molecule has 9 heteroatoms. The number of nitrogens with one attached hydrogen (secondary N) is 1. The van der Waals surface area contributed by atoms with Crippen molar-refractivity contribution < 1.29 is 25.0 Å². The van der Waals surface area contributed by atoms with E-state index in [0.717, 1.165) is 0 Å². The summed E-state index contributed by atoms with van der Waals surface area (Å²) in [5.41, 5.74) is 0.00605. The molecule has 0 aromatic heterocycles. The molecule has 2 rings (SSSR count). The number of benzene rings is 1. The van der Waals surface area contributed by atoms with E-state index in [1.54, 1.807) is 6.92 Å². The smallest absolute Gasteiger partial charge is 0.289 e. The van der Waals surface area contributed by atoms with Crippen molar-refractivity contribution in [1.82, 2.24) is 0 Å². The van der Waals surface area contributed by atoms with Gasteiger partial charge in [0.1, 0.15) is 23.3 Å². The Morgan fingerprint density at radius 2 is 1.95 bits per heavy atom. The summed E-state index contributed by atoms with van der Waals surface area (Å²) in [5.74, 6) is 0. The predicted octanol–water partition coefficient (Wildman–Crippen LogP) is 0.488. The molecule has 0 amide bonds. The van der Waals surface area contributed by atoms with Crippen molar-refractivity contribution in [1.29, 1.82) is 0 Å². The quantitative estimate of drug-likeness (QED) is 0.472. The Hall–Kier alpha value is -1.45. The molecule has 0 spiro atoms. The molecule has 4 N–H and O–H groups in total. The summed E-state index contributed by atoms with van der Waals surface area (Å²) < 4.78 is 5.34. The molecule has 0 bridgehead atoms. The summed E-state index contributed by atoms with van der Waals surface area (Å²) in [6, 6.07) is 4.01. The van der Waals surface area contributed by atoms with Gasteiger partial charge in [-0.2, -0.15) is 0 Å². The molecule has 1 fully saturated rings. The first-order valence-corrected chi connectivity index (χ1v) is 6.59. The number of aliphatic hydroxyl groups excluding tert-OH is 3. The van der Waals surface area contributed by atoms with Crippen LogP contribution in [0.15, 0.2) is 18.2 Å². The van der Waals surface area contributed by atoms with Crippen LogP contribution >= 0.6 is 11.6 Å². The largest absolute Gasteiger partial charge is 0.388 e. The third kappa shape index (κ3) is 3.25. The minimum Gasteiger partial charge on any atom is -0.388 e. The average molecular weight is 319 g/mol. The Balaban J connectivity index is 2.18. The highest BCUT2D eigenvalue weighted by molar-refractivity contribution is 6.32. The van der Waals surface area contributed by atoms with E-state index in [-0.39, 0.29) is 10.7 Å². The van der Waals surface area contributed by atoms with Gasteiger partial charge in [0.25, 0.3) is 5.69 Å². The fourth-order valence-corrected chi connectivity index (χ4v) is 2.26. The standard InChI is InChI=1S/C12H15ClN2O6/c1-5-9(16)10(17)11(18)12(21-5)14-6-2-3-7(13)8(4-6)15(19)20/h2-5,9-12,14,16-18H,1H3/t5-,9+,10-,11-,12+/m0/s1. The van der Waals surface area contributed by atoms with Crippen LogP contribution in [0.5, 0.6) is 0 Å². The van der Waals surface area contributed by atoms with Crippen LogP contribution in [0.4, 0.5) is 11.4 Å². The highest BCUT2D eigenvalue weighted by atomic mass is 35.5. The lowest BCUT2D eigenvalue weighted by atomic mass is 9.99. The van der Waals surface area contributed by atoms with Gasteiger partial charge < -0.3 is 25.4 Å². The Bertz CT molecular complexity index is 542. The maximum Gasteiger partial charge on any atom is 0.289 e. The molecular weight excluding hydrogens is 304 g/mol. The Morgan fingerprint density at radius 3 is 2.57 bits per heavy atom. The number of nitro benzene ring substituents is 1. The monoisotopic (exact) mass is 318 g/mol. The Morgan fingerprint density at radius 1 is 1.29 bits per heavy atom. The molecule has 1 aliphatic heterocycles. The lowest BCUT2D eigenvalue weighted by molar-refractivity contribution is -0.384. The highest BCUT2D eigenvalue weighted by Crippen LogP contribution is 2.29. The van der Waals surface area contributed by atoms with Crippen molar-refractivity contribution in [3.63, 3.8) is 0 Å². The molecule has 1 saturated heterocycles. The second kappa shape index (κ2) is 6.12. The molecule has 21 heavy (non-hydrogen) atoms. The van der Waals surface area contributed by atoms with Crippen LogP contribution in [-0.2, 0) is 4.74 Å². The minimum absolute atomic E-state index is 0.0144. The van der Waals surface area contributed by atoms with E-state index in [1.807, 2.05) is 0 Å². The maximum atomic E-state index is 10.8. The van der Waals surface area contributed by atoms with Gasteiger partial charge in [-0.15, -0.1) is 0 Å². The second-order valence-electron chi connectivity index (χ2n) is 4.80. The van der Waals surface area contributed by atoms with Crippen molar-refractivity contribution in [2.75, 3.05) is 5.32 Å². The molecule has 5 atom stereocenters. The SMILES string of the molecule is C[C@@H]1O[C@@H](Nc2ccc(Cl)c([N+](=O)[O-])c2)[C@@H](O)[C@@H](O)[C@@H]1O. The Labute approximate surface area is 125 Å². The van der Waals surface area contributed by atoms with Gasteiger partial charge in [0.05, 0.1) is 11.0 Å². The summed E-state index contributed by atoms with van der Waals surface area (Å²) in [6.45, 7) is 1.54. The van der Waals surface area contributed by atoms with E-state index in [0.29, 0.717) is 5.69 Å². The molecule has 1 aromatic carbocycles. The van der Waals surface area contributed by atoms with Crippen LogP contribution in [0.3, 0.4) is 0 Å². The van der Waals surface area contributed by atoms with Crippen molar-refractivity contribution in [3.05, 3.63) is 33.3 Å². The number of aliphatic hydroxyl groups is 3. The van der Waals surface area contributed by atoms with E-state index >= 15 is 0 Å². The molecule has 1 heterocycles. The number of nitrogens with zero attached hydrogens (tertiary/aromatic N) is 1. The van der Waals surface area contributed by atoms with Gasteiger partial charge in [-0.05, 0) is 19.1 Å². The third-order valence-corrected chi connectivity index (χ3v) is 3.62. The normalized spacial score (nSPS) is 32.7. The highest BCUT2D eigenvalue weighted by Gasteiger charge is 2.41. The van der Waals surface area contributed by atoms with Gasteiger partial charge in [-0.3, -0.25) is 10.1 Å². The average Bonchev–Trinajstić information content (AvgIpc) is 2.44. The number of hydrogen-bond acceptors (Lipinski definition) is 7. The summed E-state index contributed by atoms with van der Waals surface area (Å²) in [4.78, 5) is 10.2. The first-order valence-electron chi connectivity index (χ1n) is 6.21. The molecule has 1 aromatic rings. The molecule has 0 unspecified atom stereocenters. The second-order valence-corrected chi connectivity index (χ2v) is 5.21. The van der Waals surface area contributed by atoms with Gasteiger partial charge >= 0.3 is 0 Å². The van der Waals surface area contributed by atoms with Crippen molar-refractivity contribution in [2.45, 2.75) is 37.6 Å². The Kier molecular flexibility index (Phi) is 4.64. The number of hydrogen-bond donors (Lipinski definition) is 4. The lowest BCUT2D eigenvalue weighted by Crippen LogP contribution is -2.58. The van der Waals surface area contributed by atoms with Crippen LogP contribution in [0.25, 0.3) is 0 Å². The van der Waals surface area contributed by atoms with Crippen LogP contribution in [0.2, 0.25) is 5.02 Å². The van der Waals surface area contributed by atoms with E-state index in [2.05, 4.69) is 5.32 Å². The van der Waals surface area contributed by atoms with Gasteiger partial charge in [-0.25, -0.2) is 0 Å². The van der Waals surface area contributed by atoms with Crippen molar-refractivity contribution in [3.8, 4) is 0 Å². The van der Waals surface area contributed by atoms with Crippen molar-refractivity contribution >= 4 is 23.0 Å². The molecule has 1 aliphatic rings. The molecular formula is C12H15ClN2O6. The third-order valence-electron chi connectivity index (χ3n) is 3.30. The number of nitro groups is 1. The van der Waals surface area contributed by atoms with Crippen LogP contribution in [0.1, 0.15) is 6.92 Å². The van der Waals surface area contributed by atoms with E-state index in [4.69, 9.17) is 16.3 Å². The van der Waals surface area contributed by atoms with E-state index < -0.39 is 35.6 Å².